The van der Waals surface area contributed by atoms with Crippen LogP contribution in [0, 0.1) is 0 Å². The number of hydrogen-bond donors (Lipinski definition) is 1. The van der Waals surface area contributed by atoms with Crippen LogP contribution in [0.2, 0.25) is 0 Å². The maximum Gasteiger partial charge on any atom is 0.311 e. The van der Waals surface area contributed by atoms with E-state index in [0.717, 1.165) is 12.8 Å². The van der Waals surface area contributed by atoms with Crippen LogP contribution in [-0.2, 0) is 29.4 Å². The topological polar surface area (TPSA) is 130 Å². The number of amides is 2. The van der Waals surface area contributed by atoms with Gasteiger partial charge in [0.25, 0.3) is 0 Å². The zero-order chi connectivity index (χ0) is 22.6. The van der Waals surface area contributed by atoms with Gasteiger partial charge in [-0.25, -0.2) is 16.8 Å². The quantitative estimate of drug-likeness (QED) is 0.509. The van der Waals surface area contributed by atoms with Crippen LogP contribution in [0.15, 0.2) is 29.2 Å². The van der Waals surface area contributed by atoms with Crippen molar-refractivity contribution in [3.63, 3.8) is 0 Å². The fourth-order valence-corrected chi connectivity index (χ4v) is 5.09. The number of sulfonamides is 1. The van der Waals surface area contributed by atoms with E-state index in [-0.39, 0.29) is 55.2 Å². The molecule has 0 radical (unpaired) electrons. The van der Waals surface area contributed by atoms with Crippen molar-refractivity contribution < 1.29 is 31.2 Å². The Kier molecular flexibility index (Phi) is 7.22. The summed E-state index contributed by atoms with van der Waals surface area (Å²) < 4.78 is 55.4. The van der Waals surface area contributed by atoms with E-state index in [4.69, 9.17) is 4.74 Å². The molecule has 2 fully saturated rings. The number of rotatable bonds is 8. The smallest absolute Gasteiger partial charge is 0.311 e. The summed E-state index contributed by atoms with van der Waals surface area (Å²) in [4.78, 5) is 25.5. The van der Waals surface area contributed by atoms with Crippen molar-refractivity contribution >= 4 is 31.7 Å². The molecule has 1 aromatic rings. The Morgan fingerprint density at radius 3 is 2.19 bits per heavy atom. The third kappa shape index (κ3) is 6.17. The molecule has 1 aliphatic heterocycles. The molecule has 12 heteroatoms. The summed E-state index contributed by atoms with van der Waals surface area (Å²) >= 11 is 0. The monoisotopic (exact) mass is 473 g/mol. The minimum atomic E-state index is -3.76. The second-order valence-electron chi connectivity index (χ2n) is 7.50. The average molecular weight is 474 g/mol. The maximum absolute atomic E-state index is 12.9. The van der Waals surface area contributed by atoms with Gasteiger partial charge in [-0.15, -0.1) is 0 Å². The molecule has 172 valence electrons. The van der Waals surface area contributed by atoms with E-state index in [9.17, 15) is 26.4 Å². The van der Waals surface area contributed by atoms with E-state index in [2.05, 4.69) is 5.32 Å². The van der Waals surface area contributed by atoms with Gasteiger partial charge < -0.3 is 15.0 Å². The molecule has 1 aliphatic carbocycles. The number of nitrogens with zero attached hydrogens (tertiary/aromatic N) is 2. The lowest BCUT2D eigenvalue weighted by molar-refractivity contribution is -0.146. The highest BCUT2D eigenvalue weighted by molar-refractivity contribution is 7.91. The number of nitrogens with one attached hydrogen (secondary N) is 1. The standard InChI is InChI=1S/C19H27N3O7S2/c1-2-30(25,26)14-13-29-16-5-7-17(8-6-16)31(27,28)22-11-9-21(10-12-22)19(24)18(23)20-15-3-4-15/h5-8,15H,2-4,9-14H2,1H3,(H,20,23). The molecule has 0 spiro atoms. The molecule has 1 aromatic carbocycles. The minimum absolute atomic E-state index is 0.00736. The number of sulfone groups is 1. The number of hydrogen-bond acceptors (Lipinski definition) is 7. The zero-order valence-electron chi connectivity index (χ0n) is 17.3. The first-order valence-corrected chi connectivity index (χ1v) is 13.4. The number of carbonyl (C=O) groups excluding carboxylic acids is 2. The van der Waals surface area contributed by atoms with E-state index in [1.807, 2.05) is 0 Å². The number of carbonyl (C=O) groups is 2. The SMILES string of the molecule is CCS(=O)(=O)CCOc1ccc(S(=O)(=O)N2CCN(C(=O)C(=O)NC3CC3)CC2)cc1. The van der Waals surface area contributed by atoms with Crippen LogP contribution in [0.25, 0.3) is 0 Å². The van der Waals surface area contributed by atoms with E-state index in [0.29, 0.717) is 5.75 Å². The van der Waals surface area contributed by atoms with Gasteiger partial charge >= 0.3 is 11.8 Å². The fraction of sp³-hybridized carbons (Fsp3) is 0.579. The predicted octanol–water partition coefficient (Wildman–Crippen LogP) is -0.388. The van der Waals surface area contributed by atoms with Gasteiger partial charge in [0.2, 0.25) is 10.0 Å². The predicted molar refractivity (Wildman–Crippen MR) is 113 cm³/mol. The molecular formula is C19H27N3O7S2. The van der Waals surface area contributed by atoms with E-state index >= 15 is 0 Å². The molecule has 1 saturated carbocycles. The summed E-state index contributed by atoms with van der Waals surface area (Å²) in [7, 11) is -6.90. The lowest BCUT2D eigenvalue weighted by Crippen LogP contribution is -2.53. The third-order valence-corrected chi connectivity index (χ3v) is 8.78. The first-order valence-electron chi connectivity index (χ1n) is 10.2. The van der Waals surface area contributed by atoms with Crippen molar-refractivity contribution in [2.24, 2.45) is 0 Å². The maximum atomic E-state index is 12.9. The minimum Gasteiger partial charge on any atom is -0.493 e. The normalized spacial score (nSPS) is 17.9. The number of piperazine rings is 1. The average Bonchev–Trinajstić information content (AvgIpc) is 3.57. The van der Waals surface area contributed by atoms with E-state index in [1.54, 1.807) is 6.92 Å². The van der Waals surface area contributed by atoms with Crippen molar-refractivity contribution in [2.75, 3.05) is 44.3 Å². The van der Waals surface area contributed by atoms with Crippen molar-refractivity contribution in [2.45, 2.75) is 30.7 Å². The van der Waals surface area contributed by atoms with Crippen LogP contribution in [0.5, 0.6) is 5.75 Å². The second kappa shape index (κ2) is 9.53. The van der Waals surface area contributed by atoms with Crippen LogP contribution in [0.4, 0.5) is 0 Å². The molecule has 10 nitrogen and oxygen atoms in total. The Hall–Kier alpha value is -2.18. The Morgan fingerprint density at radius 1 is 1.03 bits per heavy atom. The molecular weight excluding hydrogens is 446 g/mol. The first kappa shape index (κ1) is 23.5. The summed E-state index contributed by atoms with van der Waals surface area (Å²) in [6, 6.07) is 5.85. The summed E-state index contributed by atoms with van der Waals surface area (Å²) in [5.74, 6) is -0.956. The summed E-state index contributed by atoms with van der Waals surface area (Å²) in [6.45, 7) is 2.03. The zero-order valence-corrected chi connectivity index (χ0v) is 19.0. The van der Waals surface area contributed by atoms with Gasteiger partial charge in [0.1, 0.15) is 12.4 Å². The molecule has 1 heterocycles. The molecule has 2 aliphatic rings. The molecule has 1 N–H and O–H groups in total. The summed E-state index contributed by atoms with van der Waals surface area (Å²) in [5, 5.41) is 2.64. The van der Waals surface area contributed by atoms with Crippen molar-refractivity contribution in [1.82, 2.24) is 14.5 Å². The van der Waals surface area contributed by atoms with Crippen LogP contribution < -0.4 is 10.1 Å². The van der Waals surface area contributed by atoms with Crippen LogP contribution in [-0.4, -0.2) is 88.2 Å². The van der Waals surface area contributed by atoms with Gasteiger partial charge in [0, 0.05) is 38.0 Å². The highest BCUT2D eigenvalue weighted by Crippen LogP contribution is 2.21. The van der Waals surface area contributed by atoms with Gasteiger partial charge in [-0.1, -0.05) is 6.92 Å². The fourth-order valence-electron chi connectivity index (χ4n) is 3.04. The first-order chi connectivity index (χ1) is 14.6. The molecule has 2 amide bonds. The van der Waals surface area contributed by atoms with Crippen molar-refractivity contribution in [3.8, 4) is 5.75 Å². The Morgan fingerprint density at radius 2 is 1.65 bits per heavy atom. The number of benzene rings is 1. The Balaban J connectivity index is 1.53. The lowest BCUT2D eigenvalue weighted by atomic mass is 10.3. The molecule has 0 atom stereocenters. The summed E-state index contributed by atoms with van der Waals surface area (Å²) in [5.41, 5.74) is 0. The Bertz CT molecular complexity index is 1010. The van der Waals surface area contributed by atoms with Gasteiger partial charge in [0.05, 0.1) is 10.6 Å². The number of ether oxygens (including phenoxy) is 1. The van der Waals surface area contributed by atoms with Crippen LogP contribution in [0.3, 0.4) is 0 Å². The summed E-state index contributed by atoms with van der Waals surface area (Å²) in [6.07, 6.45) is 1.76. The van der Waals surface area contributed by atoms with Gasteiger partial charge in [-0.3, -0.25) is 9.59 Å². The molecule has 0 aromatic heterocycles. The molecule has 0 bridgehead atoms. The van der Waals surface area contributed by atoms with Gasteiger partial charge in [-0.2, -0.15) is 4.31 Å². The third-order valence-electron chi connectivity index (χ3n) is 5.20. The van der Waals surface area contributed by atoms with Crippen molar-refractivity contribution in [1.29, 1.82) is 0 Å². The highest BCUT2D eigenvalue weighted by atomic mass is 32.2. The van der Waals surface area contributed by atoms with E-state index in [1.165, 1.54) is 33.5 Å². The van der Waals surface area contributed by atoms with E-state index < -0.39 is 31.7 Å². The molecule has 3 rings (SSSR count). The molecule has 1 saturated heterocycles. The van der Waals surface area contributed by atoms with Crippen LogP contribution in [0.1, 0.15) is 19.8 Å². The molecule has 0 unspecified atom stereocenters. The van der Waals surface area contributed by atoms with Crippen LogP contribution >= 0.6 is 0 Å². The van der Waals surface area contributed by atoms with Gasteiger partial charge in [0.15, 0.2) is 9.84 Å². The molecule has 31 heavy (non-hydrogen) atoms. The van der Waals surface area contributed by atoms with Crippen molar-refractivity contribution in [3.05, 3.63) is 24.3 Å². The van der Waals surface area contributed by atoms with Gasteiger partial charge in [-0.05, 0) is 37.1 Å². The lowest BCUT2D eigenvalue weighted by Gasteiger charge is -2.33. The largest absolute Gasteiger partial charge is 0.493 e. The Labute approximate surface area is 182 Å². The second-order valence-corrected chi connectivity index (χ2v) is 11.9. The highest BCUT2D eigenvalue weighted by Gasteiger charge is 2.34.